The molecular formula is C16H33N3O5Si. The second kappa shape index (κ2) is 9.32. The number of hydrogen-bond donors (Lipinski definition) is 3. The number of rotatable bonds is 9. The van der Waals surface area contributed by atoms with E-state index in [9.17, 15) is 15.0 Å². The lowest BCUT2D eigenvalue weighted by Crippen LogP contribution is -2.60. The van der Waals surface area contributed by atoms with E-state index in [4.69, 9.17) is 15.0 Å². The van der Waals surface area contributed by atoms with Crippen LogP contribution in [0.1, 0.15) is 40.0 Å². The lowest BCUT2D eigenvalue weighted by molar-refractivity contribution is -0.208. The standard InChI is InChI=1S/C16H33N3O5Si/c1-6-7-8-23-15-12(10-20)24-11(13(14(15)21)18-19-17)9-16(2,3)25(4,5)22/h11-15,20-22H,6-10H2,1-5H3/t11?,12?,13?,14?,15-/m1/s1. The Labute approximate surface area is 150 Å². The predicted octanol–water partition coefficient (Wildman–Crippen LogP) is 2.34. The topological polar surface area (TPSA) is 128 Å². The SMILES string of the molecule is CCCCO[C@@H]1C(CO)OC(CC(C)(C)[Si](C)(C)O)C(N=[N+]=[N-])C1O. The largest absolute Gasteiger partial charge is 0.432 e. The first-order valence-corrected chi connectivity index (χ1v) is 11.9. The second-order valence-corrected chi connectivity index (χ2v) is 12.4. The lowest BCUT2D eigenvalue weighted by Gasteiger charge is -2.46. The van der Waals surface area contributed by atoms with Crippen LogP contribution in [0.2, 0.25) is 18.1 Å². The van der Waals surface area contributed by atoms with Gasteiger partial charge in [0.2, 0.25) is 0 Å². The lowest BCUT2D eigenvalue weighted by atomic mass is 9.88. The molecule has 0 aromatic heterocycles. The molecule has 1 rings (SSSR count). The van der Waals surface area contributed by atoms with E-state index >= 15 is 0 Å². The van der Waals surface area contributed by atoms with Crippen molar-refractivity contribution in [2.75, 3.05) is 13.2 Å². The smallest absolute Gasteiger partial charge is 0.188 e. The molecule has 0 bridgehead atoms. The molecule has 0 aromatic rings. The number of ether oxygens (including phenoxy) is 2. The summed E-state index contributed by atoms with van der Waals surface area (Å²) in [6.45, 7) is 9.74. The maximum absolute atomic E-state index is 10.7. The third kappa shape index (κ3) is 5.65. The molecule has 0 aromatic carbocycles. The zero-order valence-electron chi connectivity index (χ0n) is 15.9. The van der Waals surface area contributed by atoms with Gasteiger partial charge in [-0.05, 0) is 36.5 Å². The number of aliphatic hydroxyl groups is 2. The van der Waals surface area contributed by atoms with E-state index in [-0.39, 0.29) is 6.61 Å². The molecule has 3 N–H and O–H groups in total. The molecule has 0 amide bonds. The second-order valence-electron chi connectivity index (χ2n) is 7.92. The van der Waals surface area contributed by atoms with Gasteiger partial charge < -0.3 is 24.5 Å². The maximum Gasteiger partial charge on any atom is 0.188 e. The van der Waals surface area contributed by atoms with Gasteiger partial charge in [-0.25, -0.2) is 0 Å². The van der Waals surface area contributed by atoms with E-state index in [1.54, 1.807) is 0 Å². The summed E-state index contributed by atoms with van der Waals surface area (Å²) < 4.78 is 11.7. The first kappa shape index (κ1) is 22.4. The van der Waals surface area contributed by atoms with Crippen LogP contribution < -0.4 is 0 Å². The van der Waals surface area contributed by atoms with Crippen molar-refractivity contribution in [3.63, 3.8) is 0 Å². The summed E-state index contributed by atoms with van der Waals surface area (Å²) in [6, 6.07) is -0.824. The minimum Gasteiger partial charge on any atom is -0.432 e. The van der Waals surface area contributed by atoms with Gasteiger partial charge in [0.15, 0.2) is 8.32 Å². The van der Waals surface area contributed by atoms with Crippen LogP contribution in [0.15, 0.2) is 5.11 Å². The van der Waals surface area contributed by atoms with E-state index in [1.807, 2.05) is 33.9 Å². The van der Waals surface area contributed by atoms with E-state index in [0.717, 1.165) is 12.8 Å². The molecule has 146 valence electrons. The molecule has 1 heterocycles. The summed E-state index contributed by atoms with van der Waals surface area (Å²) in [4.78, 5) is 13.4. The highest BCUT2D eigenvalue weighted by Crippen LogP contribution is 2.43. The fraction of sp³-hybridized carbons (Fsp3) is 1.00. The zero-order valence-corrected chi connectivity index (χ0v) is 16.9. The van der Waals surface area contributed by atoms with Crippen molar-refractivity contribution in [3.05, 3.63) is 10.4 Å². The Kier molecular flexibility index (Phi) is 8.34. The molecule has 9 heteroatoms. The van der Waals surface area contributed by atoms with Crippen molar-refractivity contribution in [1.82, 2.24) is 0 Å². The molecule has 0 radical (unpaired) electrons. The molecular weight excluding hydrogens is 342 g/mol. The predicted molar refractivity (Wildman–Crippen MR) is 97.7 cm³/mol. The van der Waals surface area contributed by atoms with Gasteiger partial charge in [-0.15, -0.1) is 0 Å². The van der Waals surface area contributed by atoms with E-state index < -0.39 is 43.8 Å². The minimum absolute atomic E-state index is 0.298. The molecule has 5 atom stereocenters. The maximum atomic E-state index is 10.7. The summed E-state index contributed by atoms with van der Waals surface area (Å²) in [7, 11) is -2.51. The van der Waals surface area contributed by atoms with Crippen molar-refractivity contribution in [3.8, 4) is 0 Å². The summed E-state index contributed by atoms with van der Waals surface area (Å²) in [6.07, 6.45) is -0.908. The van der Waals surface area contributed by atoms with E-state index in [0.29, 0.717) is 13.0 Å². The summed E-state index contributed by atoms with van der Waals surface area (Å²) in [5, 5.41) is 23.7. The molecule has 8 nitrogen and oxygen atoms in total. The normalized spacial score (nSPS) is 30.8. The van der Waals surface area contributed by atoms with Crippen molar-refractivity contribution in [2.24, 2.45) is 5.11 Å². The average molecular weight is 376 g/mol. The highest BCUT2D eigenvalue weighted by molar-refractivity contribution is 6.72. The van der Waals surface area contributed by atoms with Crippen LogP contribution in [0.4, 0.5) is 0 Å². The fourth-order valence-electron chi connectivity index (χ4n) is 2.86. The fourth-order valence-corrected chi connectivity index (χ4v) is 3.56. The van der Waals surface area contributed by atoms with Crippen LogP contribution in [-0.2, 0) is 9.47 Å². The molecule has 1 fully saturated rings. The van der Waals surface area contributed by atoms with E-state index in [1.165, 1.54) is 0 Å². The number of nitrogens with zero attached hydrogens (tertiary/aromatic N) is 3. The van der Waals surface area contributed by atoms with Crippen LogP contribution >= 0.6 is 0 Å². The van der Waals surface area contributed by atoms with Gasteiger partial charge in [0.25, 0.3) is 0 Å². The van der Waals surface area contributed by atoms with Crippen molar-refractivity contribution in [2.45, 2.75) is 88.6 Å². The van der Waals surface area contributed by atoms with Gasteiger partial charge in [-0.1, -0.05) is 32.3 Å². The quantitative estimate of drug-likeness (QED) is 0.187. The van der Waals surface area contributed by atoms with Crippen LogP contribution in [0.3, 0.4) is 0 Å². The molecule has 1 aliphatic rings. The third-order valence-corrected chi connectivity index (χ3v) is 8.84. The van der Waals surface area contributed by atoms with Crippen LogP contribution in [-0.4, -0.2) is 67.0 Å². The van der Waals surface area contributed by atoms with Gasteiger partial charge in [0.1, 0.15) is 12.2 Å². The Bertz CT molecular complexity index is 465. The summed E-state index contributed by atoms with van der Waals surface area (Å²) >= 11 is 0. The molecule has 25 heavy (non-hydrogen) atoms. The average Bonchev–Trinajstić information content (AvgIpc) is 2.51. The molecule has 0 spiro atoms. The Hall–Kier alpha value is -0.673. The number of hydrogen-bond acceptors (Lipinski definition) is 6. The molecule has 1 aliphatic heterocycles. The zero-order chi connectivity index (χ0) is 19.3. The minimum atomic E-state index is -2.51. The molecule has 0 saturated carbocycles. The third-order valence-electron chi connectivity index (χ3n) is 5.32. The summed E-state index contributed by atoms with van der Waals surface area (Å²) in [5.74, 6) is 0. The first-order chi connectivity index (χ1) is 11.6. The number of azide groups is 1. The van der Waals surface area contributed by atoms with Gasteiger partial charge in [-0.3, -0.25) is 0 Å². The monoisotopic (exact) mass is 375 g/mol. The highest BCUT2D eigenvalue weighted by atomic mass is 28.4. The van der Waals surface area contributed by atoms with Crippen LogP contribution in [0, 0.1) is 0 Å². The highest BCUT2D eigenvalue weighted by Gasteiger charge is 2.49. The Morgan fingerprint density at radius 3 is 2.44 bits per heavy atom. The Morgan fingerprint density at radius 1 is 1.32 bits per heavy atom. The van der Waals surface area contributed by atoms with Crippen LogP contribution in [0.25, 0.3) is 10.4 Å². The van der Waals surface area contributed by atoms with Crippen molar-refractivity contribution in [1.29, 1.82) is 0 Å². The van der Waals surface area contributed by atoms with Gasteiger partial charge >= 0.3 is 0 Å². The molecule has 0 aliphatic carbocycles. The Morgan fingerprint density at radius 2 is 1.96 bits per heavy atom. The number of unbranched alkanes of at least 4 members (excludes halogenated alkanes) is 1. The van der Waals surface area contributed by atoms with Crippen LogP contribution in [0.5, 0.6) is 0 Å². The first-order valence-electron chi connectivity index (χ1n) is 8.91. The summed E-state index contributed by atoms with van der Waals surface area (Å²) in [5.41, 5.74) is 8.90. The van der Waals surface area contributed by atoms with Gasteiger partial charge in [0.05, 0.1) is 24.9 Å². The van der Waals surface area contributed by atoms with Gasteiger partial charge in [-0.2, -0.15) is 0 Å². The van der Waals surface area contributed by atoms with Gasteiger partial charge in [0, 0.05) is 11.5 Å². The van der Waals surface area contributed by atoms with Crippen molar-refractivity contribution >= 4 is 8.32 Å². The molecule has 4 unspecified atom stereocenters. The van der Waals surface area contributed by atoms with E-state index in [2.05, 4.69) is 10.0 Å². The van der Waals surface area contributed by atoms with Crippen molar-refractivity contribution < 1.29 is 24.5 Å². The number of aliphatic hydroxyl groups excluding tert-OH is 2. The molecule has 1 saturated heterocycles. The Balaban J connectivity index is 3.01.